The lowest BCUT2D eigenvalue weighted by Crippen LogP contribution is -2.21. The molecule has 0 saturated heterocycles. The molecule has 1 aliphatic rings. The number of rotatable bonds is 0. The van der Waals surface area contributed by atoms with Gasteiger partial charge in [-0.3, -0.25) is 0 Å². The van der Waals surface area contributed by atoms with Crippen LogP contribution in [-0.4, -0.2) is 11.4 Å². The standard InChI is InChI=1S/C9H10O2/c10-9-5-7-3-1-2-4-8(7)6-11-9/h1-4,9-10H,5-6H2/t9-/m0/s1. The zero-order chi connectivity index (χ0) is 7.68. The maximum Gasteiger partial charge on any atom is 0.159 e. The number of hydrogen-bond acceptors (Lipinski definition) is 2. The summed E-state index contributed by atoms with van der Waals surface area (Å²) in [6.45, 7) is 0.539. The highest BCUT2D eigenvalue weighted by atomic mass is 16.6. The van der Waals surface area contributed by atoms with Crippen LogP contribution in [0.4, 0.5) is 0 Å². The molecule has 1 aliphatic heterocycles. The van der Waals surface area contributed by atoms with Gasteiger partial charge >= 0.3 is 0 Å². The van der Waals surface area contributed by atoms with Crippen molar-refractivity contribution in [3.63, 3.8) is 0 Å². The monoisotopic (exact) mass is 150 g/mol. The molecular weight excluding hydrogens is 140 g/mol. The van der Waals surface area contributed by atoms with E-state index in [0.29, 0.717) is 13.0 Å². The van der Waals surface area contributed by atoms with Gasteiger partial charge in [-0.25, -0.2) is 0 Å². The summed E-state index contributed by atoms with van der Waals surface area (Å²) in [5.74, 6) is 0. The molecule has 2 rings (SSSR count). The van der Waals surface area contributed by atoms with Crippen molar-refractivity contribution in [2.24, 2.45) is 0 Å². The maximum absolute atomic E-state index is 9.13. The normalized spacial score (nSPS) is 22.8. The summed E-state index contributed by atoms with van der Waals surface area (Å²) in [6.07, 6.45) is 0.0146. The molecule has 0 radical (unpaired) electrons. The zero-order valence-corrected chi connectivity index (χ0v) is 6.16. The third-order valence-corrected chi connectivity index (χ3v) is 1.94. The van der Waals surface area contributed by atoms with Crippen molar-refractivity contribution < 1.29 is 9.84 Å². The summed E-state index contributed by atoms with van der Waals surface area (Å²) < 4.78 is 5.06. The Morgan fingerprint density at radius 1 is 1.27 bits per heavy atom. The molecule has 0 saturated carbocycles. The molecule has 0 bridgehead atoms. The van der Waals surface area contributed by atoms with E-state index in [0.717, 1.165) is 0 Å². The molecule has 11 heavy (non-hydrogen) atoms. The first-order valence-corrected chi connectivity index (χ1v) is 3.73. The van der Waals surface area contributed by atoms with Crippen molar-refractivity contribution in [1.29, 1.82) is 0 Å². The van der Waals surface area contributed by atoms with Gasteiger partial charge in [-0.15, -0.1) is 0 Å². The number of fused-ring (bicyclic) bond motifs is 1. The van der Waals surface area contributed by atoms with Crippen LogP contribution in [0, 0.1) is 0 Å². The molecule has 0 aliphatic carbocycles. The average Bonchev–Trinajstić information content (AvgIpc) is 2.04. The Bertz CT molecular complexity index is 257. The summed E-state index contributed by atoms with van der Waals surface area (Å²) in [5, 5.41) is 9.13. The Kier molecular flexibility index (Phi) is 1.64. The van der Waals surface area contributed by atoms with E-state index in [2.05, 4.69) is 0 Å². The molecule has 0 amide bonds. The Morgan fingerprint density at radius 2 is 2.00 bits per heavy atom. The molecule has 0 unspecified atom stereocenters. The first kappa shape index (κ1) is 6.83. The van der Waals surface area contributed by atoms with E-state index < -0.39 is 6.29 Å². The van der Waals surface area contributed by atoms with Crippen LogP contribution in [0.1, 0.15) is 11.1 Å². The molecule has 1 heterocycles. The smallest absolute Gasteiger partial charge is 0.159 e. The van der Waals surface area contributed by atoms with Gasteiger partial charge in [0.1, 0.15) is 0 Å². The predicted molar refractivity (Wildman–Crippen MR) is 40.9 cm³/mol. The van der Waals surface area contributed by atoms with Crippen molar-refractivity contribution in [3.8, 4) is 0 Å². The van der Waals surface area contributed by atoms with Crippen LogP contribution in [0.25, 0.3) is 0 Å². The summed E-state index contributed by atoms with van der Waals surface area (Å²) in [5.41, 5.74) is 2.39. The molecule has 0 fully saturated rings. The fraction of sp³-hybridized carbons (Fsp3) is 0.333. The first-order chi connectivity index (χ1) is 5.36. The molecule has 0 spiro atoms. The van der Waals surface area contributed by atoms with Gasteiger partial charge < -0.3 is 9.84 Å². The summed E-state index contributed by atoms with van der Waals surface area (Å²) in [4.78, 5) is 0. The minimum atomic E-state index is -0.607. The minimum Gasteiger partial charge on any atom is -0.368 e. The van der Waals surface area contributed by atoms with E-state index in [1.807, 2.05) is 24.3 Å². The lowest BCUT2D eigenvalue weighted by Gasteiger charge is -2.20. The molecule has 1 N–H and O–H groups in total. The number of benzene rings is 1. The minimum absolute atomic E-state index is 0.539. The van der Waals surface area contributed by atoms with Gasteiger partial charge in [-0.1, -0.05) is 24.3 Å². The average molecular weight is 150 g/mol. The molecule has 1 aromatic carbocycles. The van der Waals surface area contributed by atoms with Crippen LogP contribution in [0.5, 0.6) is 0 Å². The predicted octanol–water partition coefficient (Wildman–Crippen LogP) is 1.08. The van der Waals surface area contributed by atoms with Crippen molar-refractivity contribution in [2.75, 3.05) is 0 Å². The van der Waals surface area contributed by atoms with Crippen LogP contribution < -0.4 is 0 Å². The lowest BCUT2D eigenvalue weighted by molar-refractivity contribution is -0.115. The Morgan fingerprint density at radius 3 is 2.82 bits per heavy atom. The Hall–Kier alpha value is -0.860. The number of aliphatic hydroxyl groups excluding tert-OH is 1. The summed E-state index contributed by atoms with van der Waals surface area (Å²) in [7, 11) is 0. The van der Waals surface area contributed by atoms with E-state index in [1.165, 1.54) is 11.1 Å². The number of ether oxygens (including phenoxy) is 1. The third-order valence-electron chi connectivity index (χ3n) is 1.94. The van der Waals surface area contributed by atoms with E-state index in [1.54, 1.807) is 0 Å². The number of hydrogen-bond donors (Lipinski definition) is 1. The molecule has 2 nitrogen and oxygen atoms in total. The van der Waals surface area contributed by atoms with Crippen molar-refractivity contribution in [3.05, 3.63) is 35.4 Å². The second-order valence-corrected chi connectivity index (χ2v) is 2.74. The Labute approximate surface area is 65.4 Å². The van der Waals surface area contributed by atoms with Crippen molar-refractivity contribution in [2.45, 2.75) is 19.3 Å². The molecule has 58 valence electrons. The maximum atomic E-state index is 9.13. The van der Waals surface area contributed by atoms with E-state index in [9.17, 15) is 0 Å². The second kappa shape index (κ2) is 2.64. The zero-order valence-electron chi connectivity index (χ0n) is 6.16. The van der Waals surface area contributed by atoms with Crippen molar-refractivity contribution >= 4 is 0 Å². The quantitative estimate of drug-likeness (QED) is 0.599. The van der Waals surface area contributed by atoms with Crippen LogP contribution in [0.15, 0.2) is 24.3 Å². The summed E-state index contributed by atoms with van der Waals surface area (Å²) in [6, 6.07) is 8.03. The van der Waals surface area contributed by atoms with Crippen LogP contribution in [-0.2, 0) is 17.8 Å². The number of aliphatic hydroxyl groups is 1. The molecule has 1 atom stereocenters. The third kappa shape index (κ3) is 1.27. The van der Waals surface area contributed by atoms with Gasteiger partial charge in [0.05, 0.1) is 6.61 Å². The fourth-order valence-electron chi connectivity index (χ4n) is 1.33. The van der Waals surface area contributed by atoms with Gasteiger partial charge in [0.25, 0.3) is 0 Å². The topological polar surface area (TPSA) is 29.5 Å². The van der Waals surface area contributed by atoms with Crippen LogP contribution >= 0.6 is 0 Å². The van der Waals surface area contributed by atoms with E-state index in [4.69, 9.17) is 9.84 Å². The highest BCUT2D eigenvalue weighted by Gasteiger charge is 2.14. The molecule has 1 aromatic rings. The van der Waals surface area contributed by atoms with Crippen LogP contribution in [0.2, 0.25) is 0 Å². The highest BCUT2D eigenvalue weighted by molar-refractivity contribution is 5.27. The van der Waals surface area contributed by atoms with Gasteiger partial charge in [0.2, 0.25) is 0 Å². The molecule has 0 aromatic heterocycles. The highest BCUT2D eigenvalue weighted by Crippen LogP contribution is 2.18. The van der Waals surface area contributed by atoms with Gasteiger partial charge in [-0.05, 0) is 11.1 Å². The van der Waals surface area contributed by atoms with Crippen LogP contribution in [0.3, 0.4) is 0 Å². The van der Waals surface area contributed by atoms with E-state index in [-0.39, 0.29) is 0 Å². The second-order valence-electron chi connectivity index (χ2n) is 2.74. The van der Waals surface area contributed by atoms with Gasteiger partial charge in [0, 0.05) is 6.42 Å². The lowest BCUT2D eigenvalue weighted by atomic mass is 10.0. The van der Waals surface area contributed by atoms with Gasteiger partial charge in [0.15, 0.2) is 6.29 Å². The van der Waals surface area contributed by atoms with Crippen molar-refractivity contribution in [1.82, 2.24) is 0 Å². The van der Waals surface area contributed by atoms with E-state index >= 15 is 0 Å². The SMILES string of the molecule is O[C@@H]1Cc2ccccc2CO1. The molecular formula is C9H10O2. The molecule has 2 heteroatoms. The largest absolute Gasteiger partial charge is 0.368 e. The fourth-order valence-corrected chi connectivity index (χ4v) is 1.33. The van der Waals surface area contributed by atoms with Gasteiger partial charge in [-0.2, -0.15) is 0 Å². The summed E-state index contributed by atoms with van der Waals surface area (Å²) >= 11 is 0. The first-order valence-electron chi connectivity index (χ1n) is 3.73. The Balaban J connectivity index is 2.34.